The molecule has 0 unspecified atom stereocenters. The number of aromatic carboxylic acids is 1. The Hall–Kier alpha value is -2.95. The zero-order valence-electron chi connectivity index (χ0n) is 13.1. The molecule has 0 bridgehead atoms. The Morgan fingerprint density at radius 3 is 2.81 bits per heavy atom. The summed E-state index contributed by atoms with van der Waals surface area (Å²) in [5, 5.41) is 8.82. The second-order valence-electron chi connectivity index (χ2n) is 5.17. The van der Waals surface area contributed by atoms with Crippen LogP contribution in [0.15, 0.2) is 39.7 Å². The van der Waals surface area contributed by atoms with Crippen LogP contribution in [0.1, 0.15) is 16.1 Å². The summed E-state index contributed by atoms with van der Waals surface area (Å²) < 4.78 is 5.64. The van der Waals surface area contributed by atoms with E-state index in [1.807, 2.05) is 0 Å². The Morgan fingerprint density at radius 1 is 1.35 bits per heavy atom. The van der Waals surface area contributed by atoms with Crippen LogP contribution in [0.25, 0.3) is 17.4 Å². The number of furan rings is 1. The number of benzene rings is 1. The van der Waals surface area contributed by atoms with Crippen LogP contribution in [0.2, 0.25) is 5.02 Å². The van der Waals surface area contributed by atoms with E-state index in [2.05, 4.69) is 5.92 Å². The fourth-order valence-corrected chi connectivity index (χ4v) is 3.30. The first-order chi connectivity index (χ1) is 12.4. The van der Waals surface area contributed by atoms with Crippen molar-refractivity contribution in [2.24, 2.45) is 0 Å². The lowest BCUT2D eigenvalue weighted by Crippen LogP contribution is -2.28. The van der Waals surface area contributed by atoms with Crippen LogP contribution >= 0.6 is 23.4 Å². The van der Waals surface area contributed by atoms with Gasteiger partial charge in [-0.2, -0.15) is 0 Å². The van der Waals surface area contributed by atoms with Gasteiger partial charge in [-0.3, -0.25) is 14.5 Å². The van der Waals surface area contributed by atoms with E-state index in [9.17, 15) is 14.4 Å². The van der Waals surface area contributed by atoms with Crippen molar-refractivity contribution in [3.05, 3.63) is 51.6 Å². The van der Waals surface area contributed by atoms with Crippen molar-refractivity contribution in [2.45, 2.75) is 0 Å². The van der Waals surface area contributed by atoms with Gasteiger partial charge in [-0.15, -0.1) is 6.42 Å². The Balaban J connectivity index is 1.89. The zero-order valence-corrected chi connectivity index (χ0v) is 14.6. The first-order valence-electron chi connectivity index (χ1n) is 7.22. The van der Waals surface area contributed by atoms with E-state index < -0.39 is 17.1 Å². The molecule has 2 aromatic rings. The molecule has 0 saturated carbocycles. The molecule has 2 amide bonds. The van der Waals surface area contributed by atoms with Gasteiger partial charge in [-0.25, -0.2) is 4.79 Å². The lowest BCUT2D eigenvalue weighted by Gasteiger charge is -2.06. The molecule has 1 saturated heterocycles. The van der Waals surface area contributed by atoms with Crippen molar-refractivity contribution >= 4 is 46.6 Å². The Kier molecular flexibility index (Phi) is 4.89. The number of carbonyl (C=O) groups is 3. The summed E-state index contributed by atoms with van der Waals surface area (Å²) in [6.45, 7) is -0.0891. The van der Waals surface area contributed by atoms with E-state index in [4.69, 9.17) is 27.5 Å². The minimum absolute atomic E-state index is 0.0440. The van der Waals surface area contributed by atoms with Gasteiger partial charge in [-0.05, 0) is 42.1 Å². The molecule has 0 atom stereocenters. The van der Waals surface area contributed by atoms with Gasteiger partial charge in [0.1, 0.15) is 11.5 Å². The van der Waals surface area contributed by atoms with Crippen molar-refractivity contribution in [1.82, 2.24) is 4.90 Å². The van der Waals surface area contributed by atoms with Crippen molar-refractivity contribution in [3.8, 4) is 23.7 Å². The molecule has 0 aliphatic carbocycles. The third-order valence-electron chi connectivity index (χ3n) is 3.50. The third kappa shape index (κ3) is 3.38. The molecule has 1 aliphatic rings. The number of thioether (sulfide) groups is 1. The highest BCUT2D eigenvalue weighted by Gasteiger charge is 2.34. The molecule has 0 radical (unpaired) electrons. The molecule has 1 fully saturated rings. The molecule has 3 rings (SSSR count). The number of carbonyl (C=O) groups excluding carboxylic acids is 2. The summed E-state index contributed by atoms with van der Waals surface area (Å²) in [5.41, 5.74) is 0.476. The number of halogens is 1. The maximum atomic E-state index is 12.1. The molecule has 26 heavy (non-hydrogen) atoms. The zero-order chi connectivity index (χ0) is 18.8. The number of hydrogen-bond donors (Lipinski definition) is 1. The summed E-state index contributed by atoms with van der Waals surface area (Å²) >= 11 is 6.63. The van der Waals surface area contributed by atoms with E-state index in [1.54, 1.807) is 18.2 Å². The number of rotatable bonds is 4. The highest BCUT2D eigenvalue weighted by atomic mass is 35.5. The van der Waals surface area contributed by atoms with Gasteiger partial charge >= 0.3 is 5.97 Å². The van der Waals surface area contributed by atoms with Gasteiger partial charge in [-0.1, -0.05) is 17.5 Å². The summed E-state index contributed by atoms with van der Waals surface area (Å²) in [7, 11) is 0. The van der Waals surface area contributed by atoms with Crippen LogP contribution in [0.3, 0.4) is 0 Å². The van der Waals surface area contributed by atoms with Crippen molar-refractivity contribution in [3.63, 3.8) is 0 Å². The van der Waals surface area contributed by atoms with E-state index >= 15 is 0 Å². The highest BCUT2D eigenvalue weighted by Crippen LogP contribution is 2.33. The van der Waals surface area contributed by atoms with Crippen molar-refractivity contribution in [2.75, 3.05) is 6.54 Å². The maximum absolute atomic E-state index is 12.1. The van der Waals surface area contributed by atoms with Crippen molar-refractivity contribution < 1.29 is 23.9 Å². The average Bonchev–Trinajstić information content (AvgIpc) is 3.16. The van der Waals surface area contributed by atoms with Crippen LogP contribution in [0.5, 0.6) is 0 Å². The first-order valence-corrected chi connectivity index (χ1v) is 8.42. The van der Waals surface area contributed by atoms with E-state index in [1.165, 1.54) is 18.2 Å². The largest absolute Gasteiger partial charge is 0.478 e. The van der Waals surface area contributed by atoms with Gasteiger partial charge in [0.25, 0.3) is 11.1 Å². The number of terminal acetylenes is 1. The molecule has 1 aromatic heterocycles. The van der Waals surface area contributed by atoms with E-state index in [0.29, 0.717) is 17.1 Å². The van der Waals surface area contributed by atoms with Crippen LogP contribution in [-0.2, 0) is 4.79 Å². The molecule has 1 aromatic carbocycles. The number of hydrogen-bond acceptors (Lipinski definition) is 5. The standard InChI is InChI=1S/C18H10ClNO5S/c1-2-7-20-16(21)15(26-18(20)24)9-11-4-6-14(25-11)10-3-5-13(19)12(8-10)17(22)23/h1,3-6,8-9H,7H2,(H,22,23). The SMILES string of the molecule is C#CCN1C(=O)SC(=Cc2ccc(-c3ccc(Cl)c(C(=O)O)c3)o2)C1=O. The number of carboxylic acid groups (broad SMARTS) is 1. The van der Waals surface area contributed by atoms with Gasteiger partial charge in [0.2, 0.25) is 0 Å². The van der Waals surface area contributed by atoms with Crippen LogP contribution in [0.4, 0.5) is 4.79 Å². The second-order valence-corrected chi connectivity index (χ2v) is 6.57. The minimum Gasteiger partial charge on any atom is -0.478 e. The maximum Gasteiger partial charge on any atom is 0.337 e. The molecule has 2 heterocycles. The highest BCUT2D eigenvalue weighted by molar-refractivity contribution is 8.18. The lowest BCUT2D eigenvalue weighted by molar-refractivity contribution is -0.122. The molecule has 8 heteroatoms. The van der Waals surface area contributed by atoms with Crippen LogP contribution in [0, 0.1) is 12.3 Å². The molecule has 6 nitrogen and oxygen atoms in total. The summed E-state index contributed by atoms with van der Waals surface area (Å²) in [5.74, 6) is 1.38. The quantitative estimate of drug-likeness (QED) is 0.631. The fourth-order valence-electron chi connectivity index (χ4n) is 2.28. The predicted molar refractivity (Wildman–Crippen MR) is 97.6 cm³/mol. The monoisotopic (exact) mass is 387 g/mol. The first kappa shape index (κ1) is 17.9. The minimum atomic E-state index is -1.15. The summed E-state index contributed by atoms with van der Waals surface area (Å²) in [4.78, 5) is 36.3. The number of carboxylic acids is 1. The van der Waals surface area contributed by atoms with Gasteiger partial charge < -0.3 is 9.52 Å². The van der Waals surface area contributed by atoms with E-state index in [-0.39, 0.29) is 22.0 Å². The molecule has 1 aliphatic heterocycles. The van der Waals surface area contributed by atoms with Crippen LogP contribution < -0.4 is 0 Å². The fraction of sp³-hybridized carbons (Fsp3) is 0.0556. The molecule has 1 N–H and O–H groups in total. The molecular weight excluding hydrogens is 378 g/mol. The number of amides is 2. The lowest BCUT2D eigenvalue weighted by atomic mass is 10.1. The van der Waals surface area contributed by atoms with Crippen LogP contribution in [-0.4, -0.2) is 33.7 Å². The summed E-state index contributed by atoms with van der Waals surface area (Å²) in [6.07, 6.45) is 6.59. The number of imide groups is 1. The van der Waals surface area contributed by atoms with Gasteiger partial charge in [0.15, 0.2) is 0 Å². The van der Waals surface area contributed by atoms with Crippen molar-refractivity contribution in [1.29, 1.82) is 0 Å². The summed E-state index contributed by atoms with van der Waals surface area (Å²) in [6, 6.07) is 7.73. The molecule has 130 valence electrons. The predicted octanol–water partition coefficient (Wildman–Crippen LogP) is 3.97. The molecule has 0 spiro atoms. The number of nitrogens with zero attached hydrogens (tertiary/aromatic N) is 1. The van der Waals surface area contributed by atoms with E-state index in [0.717, 1.165) is 16.7 Å². The topological polar surface area (TPSA) is 87.8 Å². The average molecular weight is 388 g/mol. The van der Waals surface area contributed by atoms with Gasteiger partial charge in [0, 0.05) is 11.6 Å². The Morgan fingerprint density at radius 2 is 2.12 bits per heavy atom. The third-order valence-corrected chi connectivity index (χ3v) is 4.74. The Bertz CT molecular complexity index is 1000. The second kappa shape index (κ2) is 7.12. The smallest absolute Gasteiger partial charge is 0.337 e. The van der Waals surface area contributed by atoms with Gasteiger partial charge in [0.05, 0.1) is 22.0 Å². The normalized spacial score (nSPS) is 15.5. The molecular formula is C18H10ClNO5S. The Labute approximate surface area is 157 Å².